The van der Waals surface area contributed by atoms with Crippen LogP contribution in [0.15, 0.2) is 83.8 Å². The molecule has 0 saturated carbocycles. The molecule has 0 aliphatic rings. The lowest BCUT2D eigenvalue weighted by Crippen LogP contribution is -2.37. The molecule has 7 heteroatoms. The monoisotopic (exact) mass is 408 g/mol. The van der Waals surface area contributed by atoms with Gasteiger partial charge in [-0.25, -0.2) is 8.42 Å². The number of sulfonamides is 1. The smallest absolute Gasteiger partial charge is 0.272 e. The van der Waals surface area contributed by atoms with Gasteiger partial charge in [0.05, 0.1) is 10.6 Å². The number of hydrogen-bond acceptors (Lipinski definition) is 4. The molecule has 0 aliphatic carbocycles. The molecule has 0 radical (unpaired) electrons. The maximum atomic E-state index is 13.4. The van der Waals surface area contributed by atoms with Gasteiger partial charge in [-0.1, -0.05) is 35.9 Å². The van der Waals surface area contributed by atoms with E-state index in [1.165, 1.54) is 31.2 Å². The van der Waals surface area contributed by atoms with Crippen molar-refractivity contribution in [2.24, 2.45) is 0 Å². The molecule has 3 aromatic rings. The second-order valence-electron chi connectivity index (χ2n) is 6.48. The normalized spacial score (nSPS) is 11.0. The van der Waals surface area contributed by atoms with Gasteiger partial charge >= 0.3 is 0 Å². The lowest BCUT2D eigenvalue weighted by molar-refractivity contribution is -0.114. The average molecular weight is 408 g/mol. The Labute approximate surface area is 169 Å². The highest BCUT2D eigenvalue weighted by Crippen LogP contribution is 2.27. The lowest BCUT2D eigenvalue weighted by atomic mass is 10.2. The highest BCUT2D eigenvalue weighted by molar-refractivity contribution is 7.93. The van der Waals surface area contributed by atoms with Gasteiger partial charge in [-0.15, -0.1) is 0 Å². The van der Waals surface area contributed by atoms with E-state index >= 15 is 0 Å². The maximum Gasteiger partial charge on any atom is 0.272 e. The highest BCUT2D eigenvalue weighted by atomic mass is 32.2. The van der Waals surface area contributed by atoms with Gasteiger partial charge in [0.1, 0.15) is 0 Å². The summed E-state index contributed by atoms with van der Waals surface area (Å²) in [5, 5.41) is 2.58. The minimum Gasteiger partial charge on any atom is -0.326 e. The molecule has 0 saturated heterocycles. The van der Waals surface area contributed by atoms with Crippen LogP contribution in [0, 0.1) is 6.92 Å². The minimum absolute atomic E-state index is 0.0588. The molecule has 0 heterocycles. The fourth-order valence-corrected chi connectivity index (χ4v) is 4.18. The van der Waals surface area contributed by atoms with Crippen LogP contribution < -0.4 is 9.62 Å². The number of nitrogens with one attached hydrogen (secondary N) is 1. The van der Waals surface area contributed by atoms with Gasteiger partial charge in [0.2, 0.25) is 5.91 Å². The number of benzene rings is 3. The fourth-order valence-electron chi connectivity index (χ4n) is 2.76. The summed E-state index contributed by atoms with van der Waals surface area (Å²) < 4.78 is 27.6. The van der Waals surface area contributed by atoms with Crippen LogP contribution in [0.4, 0.5) is 11.4 Å². The van der Waals surface area contributed by atoms with Gasteiger partial charge in [0.15, 0.2) is 0 Å². The minimum atomic E-state index is -4.19. The molecular formula is C22H20N2O4S. The molecule has 0 atom stereocenters. The number of nitrogens with zero attached hydrogens (tertiary/aromatic N) is 1. The lowest BCUT2D eigenvalue weighted by Gasteiger charge is -2.23. The third-order valence-corrected chi connectivity index (χ3v) is 5.91. The third-order valence-electron chi connectivity index (χ3n) is 4.19. The van der Waals surface area contributed by atoms with Crippen LogP contribution in [0.5, 0.6) is 0 Å². The van der Waals surface area contributed by atoms with Gasteiger partial charge in [-0.05, 0) is 55.5 Å². The first-order valence-corrected chi connectivity index (χ1v) is 10.3. The third kappa shape index (κ3) is 4.52. The summed E-state index contributed by atoms with van der Waals surface area (Å²) in [7, 11) is -4.19. The Morgan fingerprint density at radius 1 is 0.828 bits per heavy atom. The van der Waals surface area contributed by atoms with Crippen LogP contribution in [0.2, 0.25) is 0 Å². The Morgan fingerprint density at radius 3 is 1.97 bits per heavy atom. The van der Waals surface area contributed by atoms with E-state index in [1.54, 1.807) is 54.6 Å². The standard InChI is InChI=1S/C22H20N2O4S/c1-16-8-12-20(13-9-16)24(22(26)18-6-4-3-5-7-18)29(27,28)21-14-10-19(11-15-21)23-17(2)25/h3-15H,1-2H3,(H,23,25). The number of carbonyl (C=O) groups is 2. The molecule has 0 unspecified atom stereocenters. The molecular weight excluding hydrogens is 388 g/mol. The van der Waals surface area contributed by atoms with Crippen LogP contribution in [-0.2, 0) is 14.8 Å². The van der Waals surface area contributed by atoms with E-state index in [9.17, 15) is 18.0 Å². The number of rotatable bonds is 5. The number of anilines is 2. The molecule has 0 aliphatic heterocycles. The zero-order valence-corrected chi connectivity index (χ0v) is 16.8. The summed E-state index contributed by atoms with van der Waals surface area (Å²) >= 11 is 0. The zero-order chi connectivity index (χ0) is 21.0. The summed E-state index contributed by atoms with van der Waals surface area (Å²) in [4.78, 5) is 24.3. The number of aryl methyl sites for hydroxylation is 1. The van der Waals surface area contributed by atoms with Gasteiger partial charge in [0.25, 0.3) is 15.9 Å². The predicted octanol–water partition coefficient (Wildman–Crippen LogP) is 3.99. The molecule has 29 heavy (non-hydrogen) atoms. The Bertz CT molecular complexity index is 1120. The van der Waals surface area contributed by atoms with E-state index in [4.69, 9.17) is 0 Å². The molecule has 148 valence electrons. The summed E-state index contributed by atoms with van der Waals surface area (Å²) in [5.41, 5.74) is 1.91. The van der Waals surface area contributed by atoms with Crippen molar-refractivity contribution in [3.8, 4) is 0 Å². The van der Waals surface area contributed by atoms with Gasteiger partial charge in [0, 0.05) is 18.2 Å². The first-order chi connectivity index (χ1) is 13.8. The van der Waals surface area contributed by atoms with Crippen LogP contribution in [0.1, 0.15) is 22.8 Å². The number of hydrogen-bond donors (Lipinski definition) is 1. The Balaban J connectivity index is 2.08. The molecule has 3 aromatic carbocycles. The van der Waals surface area contributed by atoms with E-state index in [2.05, 4.69) is 5.32 Å². The molecule has 0 bridgehead atoms. The van der Waals surface area contributed by atoms with E-state index in [0.717, 1.165) is 9.87 Å². The van der Waals surface area contributed by atoms with E-state index < -0.39 is 15.9 Å². The molecule has 0 aromatic heterocycles. The van der Waals surface area contributed by atoms with Crippen molar-refractivity contribution >= 4 is 33.2 Å². The first-order valence-electron chi connectivity index (χ1n) is 8.88. The Hall–Kier alpha value is -3.45. The van der Waals surface area contributed by atoms with Crippen molar-refractivity contribution in [3.63, 3.8) is 0 Å². The summed E-state index contributed by atoms with van der Waals surface area (Å²) in [6, 6.07) is 20.6. The maximum absolute atomic E-state index is 13.4. The van der Waals surface area contributed by atoms with Crippen LogP contribution in [-0.4, -0.2) is 20.2 Å². The molecule has 0 spiro atoms. The molecule has 3 rings (SSSR count). The summed E-state index contributed by atoms with van der Waals surface area (Å²) in [6.45, 7) is 3.24. The van der Waals surface area contributed by atoms with Crippen molar-refractivity contribution in [2.75, 3.05) is 9.62 Å². The van der Waals surface area contributed by atoms with Crippen molar-refractivity contribution in [1.29, 1.82) is 0 Å². The SMILES string of the molecule is CC(=O)Nc1ccc(S(=O)(=O)N(C(=O)c2ccccc2)c2ccc(C)cc2)cc1. The second kappa shape index (κ2) is 8.28. The van der Waals surface area contributed by atoms with Crippen LogP contribution >= 0.6 is 0 Å². The predicted molar refractivity (Wildman–Crippen MR) is 112 cm³/mol. The quantitative estimate of drug-likeness (QED) is 0.692. The summed E-state index contributed by atoms with van der Waals surface area (Å²) in [5.74, 6) is -0.915. The second-order valence-corrected chi connectivity index (χ2v) is 8.27. The van der Waals surface area contributed by atoms with Crippen molar-refractivity contribution in [1.82, 2.24) is 0 Å². The largest absolute Gasteiger partial charge is 0.326 e. The van der Waals surface area contributed by atoms with Gasteiger partial charge < -0.3 is 5.32 Å². The zero-order valence-electron chi connectivity index (χ0n) is 16.0. The highest BCUT2D eigenvalue weighted by Gasteiger charge is 2.31. The van der Waals surface area contributed by atoms with E-state index in [0.29, 0.717) is 5.69 Å². The first kappa shape index (κ1) is 20.3. The average Bonchev–Trinajstić information content (AvgIpc) is 2.70. The van der Waals surface area contributed by atoms with Gasteiger partial charge in [-0.3, -0.25) is 9.59 Å². The van der Waals surface area contributed by atoms with Crippen LogP contribution in [0.25, 0.3) is 0 Å². The van der Waals surface area contributed by atoms with Gasteiger partial charge in [-0.2, -0.15) is 4.31 Å². The van der Waals surface area contributed by atoms with E-state index in [1.807, 2.05) is 6.92 Å². The van der Waals surface area contributed by atoms with Crippen molar-refractivity contribution in [2.45, 2.75) is 18.7 Å². The molecule has 6 nitrogen and oxygen atoms in total. The van der Waals surface area contributed by atoms with E-state index in [-0.39, 0.29) is 22.1 Å². The van der Waals surface area contributed by atoms with Crippen LogP contribution in [0.3, 0.4) is 0 Å². The Morgan fingerprint density at radius 2 is 1.41 bits per heavy atom. The number of carbonyl (C=O) groups excluding carboxylic acids is 2. The number of amides is 2. The Kier molecular flexibility index (Phi) is 5.79. The van der Waals surface area contributed by atoms with Crippen molar-refractivity contribution in [3.05, 3.63) is 90.0 Å². The molecule has 2 amide bonds. The van der Waals surface area contributed by atoms with Crippen molar-refractivity contribution < 1.29 is 18.0 Å². The summed E-state index contributed by atoms with van der Waals surface area (Å²) in [6.07, 6.45) is 0. The molecule has 0 fully saturated rings. The topological polar surface area (TPSA) is 83.6 Å². The fraction of sp³-hybridized carbons (Fsp3) is 0.0909. The molecule has 1 N–H and O–H groups in total.